The summed E-state index contributed by atoms with van der Waals surface area (Å²) in [6.45, 7) is 1.79. The Morgan fingerprint density at radius 3 is 2.87 bits per heavy atom. The van der Waals surface area contributed by atoms with Crippen molar-refractivity contribution in [3.63, 3.8) is 0 Å². The largest absolute Gasteiger partial charge is 0.316 e. The second kappa shape index (κ2) is 3.77. The third-order valence-corrected chi connectivity index (χ3v) is 3.93. The molecule has 2 rings (SSSR count). The van der Waals surface area contributed by atoms with Crippen LogP contribution in [0.2, 0.25) is 0 Å². The Bertz CT molecular complexity index is 456. The minimum absolute atomic E-state index is 0.0875. The van der Waals surface area contributed by atoms with Crippen molar-refractivity contribution in [2.24, 2.45) is 0 Å². The van der Waals surface area contributed by atoms with Crippen LogP contribution in [0.3, 0.4) is 0 Å². The van der Waals surface area contributed by atoms with Crippen molar-refractivity contribution in [1.29, 1.82) is 0 Å². The highest BCUT2D eigenvalue weighted by molar-refractivity contribution is 8.13. The zero-order valence-electron chi connectivity index (χ0n) is 8.30. The highest BCUT2D eigenvalue weighted by Crippen LogP contribution is 2.25. The second-order valence-electron chi connectivity index (χ2n) is 3.78. The van der Waals surface area contributed by atoms with E-state index in [9.17, 15) is 8.42 Å². The zero-order valence-corrected chi connectivity index (χ0v) is 9.87. The fourth-order valence-electron chi connectivity index (χ4n) is 1.89. The topological polar surface area (TPSA) is 55.2 Å². The van der Waals surface area contributed by atoms with Crippen LogP contribution in [0.25, 0.3) is 0 Å². The predicted octanol–water partition coefficient (Wildman–Crippen LogP) is 0.687. The first-order valence-electron chi connectivity index (χ1n) is 4.63. The molecule has 1 unspecified atom stereocenters. The Morgan fingerprint density at radius 1 is 1.60 bits per heavy atom. The van der Waals surface area contributed by atoms with E-state index in [0.29, 0.717) is 0 Å². The molecular weight excluding hydrogens is 238 g/mol. The highest BCUT2D eigenvalue weighted by Gasteiger charge is 2.26. The lowest BCUT2D eigenvalue weighted by Crippen LogP contribution is -2.17. The maximum absolute atomic E-state index is 11.2. The molecule has 0 aromatic carbocycles. The summed E-state index contributed by atoms with van der Waals surface area (Å²) in [5.41, 5.74) is 0. The lowest BCUT2D eigenvalue weighted by atomic mass is 10.3. The van der Waals surface area contributed by atoms with Crippen molar-refractivity contribution in [1.82, 2.24) is 14.5 Å². The maximum Gasteiger partial charge on any atom is 0.278 e. The number of hydrogen-bond donors (Lipinski definition) is 0. The Labute approximate surface area is 93.1 Å². The molecule has 0 N–H and O–H groups in total. The normalized spacial score (nSPS) is 23.5. The molecule has 1 aliphatic rings. The zero-order chi connectivity index (χ0) is 11.1. The fraction of sp³-hybridized carbons (Fsp3) is 0.625. The van der Waals surface area contributed by atoms with Crippen LogP contribution in [0.5, 0.6) is 0 Å². The average molecular weight is 250 g/mol. The third kappa shape index (κ3) is 2.16. The van der Waals surface area contributed by atoms with Gasteiger partial charge in [0.2, 0.25) is 0 Å². The van der Waals surface area contributed by atoms with Crippen molar-refractivity contribution in [3.8, 4) is 0 Å². The van der Waals surface area contributed by atoms with Crippen molar-refractivity contribution in [2.75, 3.05) is 20.1 Å². The SMILES string of the molecule is CN1CCC(n2cncc2S(=O)(=O)Cl)C1. The van der Waals surface area contributed by atoms with E-state index < -0.39 is 9.05 Å². The minimum Gasteiger partial charge on any atom is -0.316 e. The van der Waals surface area contributed by atoms with Gasteiger partial charge in [0, 0.05) is 23.3 Å². The summed E-state index contributed by atoms with van der Waals surface area (Å²) in [7, 11) is 3.63. The Balaban J connectivity index is 2.34. The molecule has 0 spiro atoms. The van der Waals surface area contributed by atoms with Crippen LogP contribution >= 0.6 is 10.7 Å². The van der Waals surface area contributed by atoms with Gasteiger partial charge in [0.1, 0.15) is 0 Å². The number of hydrogen-bond acceptors (Lipinski definition) is 4. The summed E-state index contributed by atoms with van der Waals surface area (Å²) in [4.78, 5) is 5.99. The molecule has 1 saturated heterocycles. The number of halogens is 1. The molecule has 1 aromatic heterocycles. The number of rotatable bonds is 2. The molecule has 15 heavy (non-hydrogen) atoms. The van der Waals surface area contributed by atoms with Crippen molar-refractivity contribution >= 4 is 19.7 Å². The average Bonchev–Trinajstić information content (AvgIpc) is 2.68. The van der Waals surface area contributed by atoms with Gasteiger partial charge in [-0.05, 0) is 20.0 Å². The molecule has 7 heteroatoms. The number of aromatic nitrogens is 2. The van der Waals surface area contributed by atoms with E-state index in [0.717, 1.165) is 19.5 Å². The lowest BCUT2D eigenvalue weighted by molar-refractivity contribution is 0.386. The molecule has 0 amide bonds. The minimum atomic E-state index is -3.69. The molecule has 84 valence electrons. The van der Waals surface area contributed by atoms with E-state index in [1.165, 1.54) is 12.5 Å². The van der Waals surface area contributed by atoms with Crippen LogP contribution in [0.4, 0.5) is 0 Å². The van der Waals surface area contributed by atoms with Gasteiger partial charge in [-0.2, -0.15) is 0 Å². The molecule has 1 atom stereocenters. The Kier molecular flexibility index (Phi) is 2.74. The van der Waals surface area contributed by atoms with E-state index >= 15 is 0 Å². The molecular formula is C8H12ClN3O2S. The van der Waals surface area contributed by atoms with Crippen LogP contribution in [0.15, 0.2) is 17.6 Å². The molecule has 0 saturated carbocycles. The molecule has 0 aliphatic carbocycles. The summed E-state index contributed by atoms with van der Waals surface area (Å²) < 4.78 is 24.1. The number of likely N-dealkylation sites (tertiary alicyclic amines) is 1. The molecule has 5 nitrogen and oxygen atoms in total. The van der Waals surface area contributed by atoms with Crippen LogP contribution in [-0.2, 0) is 9.05 Å². The van der Waals surface area contributed by atoms with Gasteiger partial charge in [0.15, 0.2) is 5.03 Å². The van der Waals surface area contributed by atoms with E-state index in [2.05, 4.69) is 9.88 Å². The van der Waals surface area contributed by atoms with Gasteiger partial charge >= 0.3 is 0 Å². The highest BCUT2D eigenvalue weighted by atomic mass is 35.7. The monoisotopic (exact) mass is 249 g/mol. The van der Waals surface area contributed by atoms with Gasteiger partial charge in [-0.15, -0.1) is 0 Å². The fourth-order valence-corrected chi connectivity index (χ4v) is 2.89. The summed E-state index contributed by atoms with van der Waals surface area (Å²) in [5.74, 6) is 0. The first-order chi connectivity index (χ1) is 6.98. The number of imidazole rings is 1. The summed E-state index contributed by atoms with van der Waals surface area (Å²) in [6.07, 6.45) is 3.74. The summed E-state index contributed by atoms with van der Waals surface area (Å²) in [6, 6.07) is 0.154. The molecule has 1 fully saturated rings. The van der Waals surface area contributed by atoms with Gasteiger partial charge in [-0.3, -0.25) is 0 Å². The van der Waals surface area contributed by atoms with Gasteiger partial charge in [0.25, 0.3) is 9.05 Å². The van der Waals surface area contributed by atoms with Crippen molar-refractivity contribution < 1.29 is 8.42 Å². The Morgan fingerprint density at radius 2 is 2.33 bits per heavy atom. The van der Waals surface area contributed by atoms with Crippen LogP contribution in [0.1, 0.15) is 12.5 Å². The number of nitrogens with zero attached hydrogens (tertiary/aromatic N) is 3. The first-order valence-corrected chi connectivity index (χ1v) is 6.94. The molecule has 1 aromatic rings. The molecule has 0 bridgehead atoms. The first kappa shape index (κ1) is 10.9. The van der Waals surface area contributed by atoms with Gasteiger partial charge in [0.05, 0.1) is 12.5 Å². The lowest BCUT2D eigenvalue weighted by Gasteiger charge is -2.13. The third-order valence-electron chi connectivity index (χ3n) is 2.64. The molecule has 1 aliphatic heterocycles. The molecule has 0 radical (unpaired) electrons. The number of likely N-dealkylation sites (N-methyl/N-ethyl adjacent to an activating group) is 1. The van der Waals surface area contributed by atoms with Gasteiger partial charge in [-0.1, -0.05) is 0 Å². The quantitative estimate of drug-likeness (QED) is 0.724. The van der Waals surface area contributed by atoms with E-state index in [1.807, 2.05) is 7.05 Å². The van der Waals surface area contributed by atoms with Gasteiger partial charge < -0.3 is 9.47 Å². The van der Waals surface area contributed by atoms with Crippen LogP contribution in [-0.4, -0.2) is 43.0 Å². The van der Waals surface area contributed by atoms with Crippen molar-refractivity contribution in [2.45, 2.75) is 17.5 Å². The van der Waals surface area contributed by atoms with E-state index in [4.69, 9.17) is 10.7 Å². The van der Waals surface area contributed by atoms with Gasteiger partial charge in [-0.25, -0.2) is 13.4 Å². The van der Waals surface area contributed by atoms with Crippen molar-refractivity contribution in [3.05, 3.63) is 12.5 Å². The summed E-state index contributed by atoms with van der Waals surface area (Å²) >= 11 is 0. The smallest absolute Gasteiger partial charge is 0.278 e. The Hall–Kier alpha value is -0.590. The van der Waals surface area contributed by atoms with Crippen LogP contribution < -0.4 is 0 Å². The van der Waals surface area contributed by atoms with E-state index in [1.54, 1.807) is 4.57 Å². The summed E-state index contributed by atoms with van der Waals surface area (Å²) in [5, 5.41) is 0.0875. The van der Waals surface area contributed by atoms with E-state index in [-0.39, 0.29) is 11.1 Å². The standard InChI is InChI=1S/C8H12ClN3O2S/c1-11-3-2-7(5-11)12-6-10-4-8(12)15(9,13)14/h4,6-7H,2-3,5H2,1H3. The predicted molar refractivity (Wildman–Crippen MR) is 56.4 cm³/mol. The van der Waals surface area contributed by atoms with Crippen LogP contribution in [0, 0.1) is 0 Å². The second-order valence-corrected chi connectivity index (χ2v) is 6.29. The maximum atomic E-state index is 11.2. The molecule has 2 heterocycles.